The van der Waals surface area contributed by atoms with Crippen molar-refractivity contribution in [1.82, 2.24) is 9.97 Å². The number of hydrogen-bond donors (Lipinski definition) is 0. The van der Waals surface area contributed by atoms with E-state index < -0.39 is 5.41 Å². The van der Waals surface area contributed by atoms with Crippen LogP contribution in [0, 0.1) is 0 Å². The van der Waals surface area contributed by atoms with Crippen molar-refractivity contribution in [1.29, 1.82) is 0 Å². The average Bonchev–Trinajstić information content (AvgIpc) is 3.45. The number of hydrogen-bond acceptors (Lipinski definition) is 3. The number of fused-ring (bicyclic) bond motifs is 10. The second-order valence-corrected chi connectivity index (χ2v) is 9.64. The van der Waals surface area contributed by atoms with Crippen LogP contribution in [0.1, 0.15) is 28.1 Å². The zero-order valence-corrected chi connectivity index (χ0v) is 20.1. The van der Waals surface area contributed by atoms with Gasteiger partial charge in [-0.25, -0.2) is 9.97 Å². The molecule has 2 aliphatic carbocycles. The quantitative estimate of drug-likeness (QED) is 0.262. The molecule has 0 N–H and O–H groups in total. The van der Waals surface area contributed by atoms with Gasteiger partial charge in [0, 0.05) is 16.7 Å². The highest BCUT2D eigenvalue weighted by atomic mass is 16.5. The average molecular weight is 475 g/mol. The van der Waals surface area contributed by atoms with Crippen molar-refractivity contribution in [2.45, 2.75) is 5.41 Å². The van der Waals surface area contributed by atoms with E-state index in [1.807, 2.05) is 24.3 Å². The molecule has 0 radical (unpaired) electrons. The van der Waals surface area contributed by atoms with E-state index >= 15 is 0 Å². The van der Waals surface area contributed by atoms with Crippen LogP contribution in [0.15, 0.2) is 121 Å². The first kappa shape index (κ1) is 20.4. The Balaban J connectivity index is 1.57. The molecule has 1 aliphatic heterocycles. The summed E-state index contributed by atoms with van der Waals surface area (Å²) in [4.78, 5) is 10.5. The molecule has 4 aromatic carbocycles. The minimum Gasteiger partial charge on any atom is -0.486 e. The summed E-state index contributed by atoms with van der Waals surface area (Å²) >= 11 is 0. The molecule has 0 unspecified atom stereocenters. The van der Waals surface area contributed by atoms with Crippen molar-refractivity contribution < 1.29 is 4.74 Å². The first-order chi connectivity index (χ1) is 18.4. The van der Waals surface area contributed by atoms with E-state index in [2.05, 4.69) is 97.1 Å². The van der Waals surface area contributed by atoms with E-state index in [-0.39, 0.29) is 0 Å². The standard InChI is InChI=1S/C34H22N2O/c1-2-12-22(13-3-1)31-30-32(36-33(35-31)29-20-10-11-21-37-29)25-16-6-9-19-28(25)34(30)26-17-7-4-14-23(26)24-15-5-8-18-27(24)34/h1-20H,21H2. The third-order valence-corrected chi connectivity index (χ3v) is 7.81. The Bertz CT molecular complexity index is 1740. The number of aromatic nitrogens is 2. The molecule has 0 amide bonds. The molecule has 3 nitrogen and oxygen atoms in total. The van der Waals surface area contributed by atoms with Gasteiger partial charge in [-0.1, -0.05) is 109 Å². The molecule has 0 saturated heterocycles. The monoisotopic (exact) mass is 474 g/mol. The summed E-state index contributed by atoms with van der Waals surface area (Å²) in [5, 5.41) is 0. The van der Waals surface area contributed by atoms with Gasteiger partial charge in [0.15, 0.2) is 11.6 Å². The minimum atomic E-state index is -0.496. The molecule has 3 heteroatoms. The third-order valence-electron chi connectivity index (χ3n) is 7.81. The molecular weight excluding hydrogens is 452 g/mol. The number of ether oxygens (including phenoxy) is 1. The fraction of sp³-hybridized carbons (Fsp3) is 0.0588. The maximum absolute atomic E-state index is 5.98. The van der Waals surface area contributed by atoms with Crippen molar-refractivity contribution in [2.24, 2.45) is 0 Å². The molecule has 8 rings (SSSR count). The van der Waals surface area contributed by atoms with Crippen LogP contribution in [0.5, 0.6) is 0 Å². The lowest BCUT2D eigenvalue weighted by Gasteiger charge is -2.31. The number of rotatable bonds is 2. The van der Waals surface area contributed by atoms with Crippen LogP contribution in [-0.4, -0.2) is 16.6 Å². The second kappa shape index (κ2) is 7.62. The number of nitrogens with zero attached hydrogens (tertiary/aromatic N) is 2. The SMILES string of the molecule is C1=CCOC(c2nc(-c3ccccc3)c3c(n2)-c2ccccc2C32c3ccccc3-c3ccccc32)=C1. The van der Waals surface area contributed by atoms with Crippen LogP contribution in [-0.2, 0) is 10.2 Å². The predicted octanol–water partition coefficient (Wildman–Crippen LogP) is 7.41. The summed E-state index contributed by atoms with van der Waals surface area (Å²) in [5.41, 5.74) is 11.2. The first-order valence-corrected chi connectivity index (χ1v) is 12.6. The van der Waals surface area contributed by atoms with Crippen LogP contribution in [0.25, 0.3) is 39.4 Å². The smallest absolute Gasteiger partial charge is 0.196 e. The van der Waals surface area contributed by atoms with Crippen LogP contribution in [0.4, 0.5) is 0 Å². The van der Waals surface area contributed by atoms with Crippen molar-refractivity contribution in [3.63, 3.8) is 0 Å². The second-order valence-electron chi connectivity index (χ2n) is 9.64. The fourth-order valence-electron chi connectivity index (χ4n) is 6.41. The van der Waals surface area contributed by atoms with Crippen LogP contribution >= 0.6 is 0 Å². The minimum absolute atomic E-state index is 0.496. The lowest BCUT2D eigenvalue weighted by Crippen LogP contribution is -2.27. The Hall–Kier alpha value is -4.76. The molecule has 3 aliphatic rings. The largest absolute Gasteiger partial charge is 0.486 e. The normalized spacial score (nSPS) is 15.4. The summed E-state index contributed by atoms with van der Waals surface area (Å²) in [6.45, 7) is 0.522. The van der Waals surface area contributed by atoms with Crippen molar-refractivity contribution in [3.8, 4) is 33.6 Å². The maximum Gasteiger partial charge on any atom is 0.196 e. The maximum atomic E-state index is 5.98. The summed E-state index contributed by atoms with van der Waals surface area (Å²) < 4.78 is 5.98. The first-order valence-electron chi connectivity index (χ1n) is 12.6. The Morgan fingerprint density at radius 1 is 0.595 bits per heavy atom. The van der Waals surface area contributed by atoms with E-state index in [1.165, 1.54) is 27.8 Å². The highest BCUT2D eigenvalue weighted by Gasteiger charge is 2.54. The van der Waals surface area contributed by atoms with E-state index in [1.54, 1.807) is 0 Å². The number of benzene rings is 4. The van der Waals surface area contributed by atoms with Gasteiger partial charge in [0.05, 0.1) is 16.8 Å². The summed E-state index contributed by atoms with van der Waals surface area (Å²) in [5.74, 6) is 1.32. The van der Waals surface area contributed by atoms with Gasteiger partial charge in [-0.3, -0.25) is 0 Å². The predicted molar refractivity (Wildman–Crippen MR) is 147 cm³/mol. The molecule has 37 heavy (non-hydrogen) atoms. The zero-order valence-electron chi connectivity index (χ0n) is 20.1. The Morgan fingerprint density at radius 3 is 1.81 bits per heavy atom. The lowest BCUT2D eigenvalue weighted by atomic mass is 9.69. The van der Waals surface area contributed by atoms with E-state index in [0.29, 0.717) is 18.2 Å². The van der Waals surface area contributed by atoms with E-state index in [4.69, 9.17) is 14.7 Å². The molecule has 2 heterocycles. The summed E-state index contributed by atoms with van der Waals surface area (Å²) in [7, 11) is 0. The zero-order chi connectivity index (χ0) is 24.4. The molecule has 1 aromatic heterocycles. The molecule has 1 spiro atoms. The summed E-state index contributed by atoms with van der Waals surface area (Å²) in [6.07, 6.45) is 5.96. The van der Waals surface area contributed by atoms with Gasteiger partial charge in [0.1, 0.15) is 6.61 Å². The topological polar surface area (TPSA) is 35.0 Å². The molecule has 174 valence electrons. The molecular formula is C34H22N2O. The highest BCUT2D eigenvalue weighted by Crippen LogP contribution is 2.63. The van der Waals surface area contributed by atoms with Crippen molar-refractivity contribution in [2.75, 3.05) is 6.61 Å². The van der Waals surface area contributed by atoms with Gasteiger partial charge in [-0.15, -0.1) is 0 Å². The molecule has 0 fully saturated rings. The highest BCUT2D eigenvalue weighted by molar-refractivity contribution is 5.97. The van der Waals surface area contributed by atoms with Gasteiger partial charge in [0.25, 0.3) is 0 Å². The van der Waals surface area contributed by atoms with Crippen LogP contribution in [0.3, 0.4) is 0 Å². The van der Waals surface area contributed by atoms with Gasteiger partial charge < -0.3 is 4.74 Å². The van der Waals surface area contributed by atoms with Crippen LogP contribution < -0.4 is 0 Å². The van der Waals surface area contributed by atoms with E-state index in [0.717, 1.165) is 28.1 Å². The lowest BCUT2D eigenvalue weighted by molar-refractivity contribution is 0.313. The van der Waals surface area contributed by atoms with Crippen LogP contribution in [0.2, 0.25) is 0 Å². The van der Waals surface area contributed by atoms with Crippen molar-refractivity contribution in [3.05, 3.63) is 149 Å². The number of allylic oxidation sites excluding steroid dienone is 2. The van der Waals surface area contributed by atoms with Gasteiger partial charge in [0.2, 0.25) is 0 Å². The van der Waals surface area contributed by atoms with E-state index in [9.17, 15) is 0 Å². The molecule has 0 bridgehead atoms. The Morgan fingerprint density at radius 2 is 1.16 bits per heavy atom. The van der Waals surface area contributed by atoms with Gasteiger partial charge >= 0.3 is 0 Å². The Kier molecular flexibility index (Phi) is 4.21. The molecule has 0 saturated carbocycles. The van der Waals surface area contributed by atoms with Gasteiger partial charge in [-0.05, 0) is 40.0 Å². The summed E-state index contributed by atoms with van der Waals surface area (Å²) in [6, 6.07) is 36.8. The van der Waals surface area contributed by atoms with Gasteiger partial charge in [-0.2, -0.15) is 0 Å². The Labute approximate surface area is 215 Å². The third kappa shape index (κ3) is 2.66. The fourth-order valence-corrected chi connectivity index (χ4v) is 6.41. The van der Waals surface area contributed by atoms with Crippen molar-refractivity contribution >= 4 is 5.76 Å². The molecule has 0 atom stereocenters. The molecule has 5 aromatic rings.